The molecule has 0 aliphatic heterocycles. The van der Waals surface area contributed by atoms with Gasteiger partial charge in [-0.25, -0.2) is 4.98 Å². The van der Waals surface area contributed by atoms with Crippen molar-refractivity contribution in [2.45, 2.75) is 37.8 Å². The van der Waals surface area contributed by atoms with Crippen molar-refractivity contribution in [3.63, 3.8) is 0 Å². The van der Waals surface area contributed by atoms with Crippen molar-refractivity contribution in [3.05, 3.63) is 58.1 Å². The molecule has 1 aliphatic carbocycles. The maximum Gasteiger partial charge on any atom is 0.310 e. The number of anilines is 2. The first-order valence-corrected chi connectivity index (χ1v) is 11.2. The first-order valence-electron chi connectivity index (χ1n) is 11.2. The van der Waals surface area contributed by atoms with Gasteiger partial charge in [0.2, 0.25) is 5.95 Å². The molecule has 0 atom stereocenters. The van der Waals surface area contributed by atoms with E-state index in [2.05, 4.69) is 15.6 Å². The second kappa shape index (κ2) is 9.90. The summed E-state index contributed by atoms with van der Waals surface area (Å²) in [5, 5.41) is 18.6. The van der Waals surface area contributed by atoms with Gasteiger partial charge in [-0.1, -0.05) is 12.1 Å². The van der Waals surface area contributed by atoms with Gasteiger partial charge < -0.3 is 20.3 Å². The van der Waals surface area contributed by atoms with E-state index in [1.807, 2.05) is 43.3 Å². The lowest BCUT2D eigenvalue weighted by Crippen LogP contribution is -2.40. The molecule has 0 spiro atoms. The summed E-state index contributed by atoms with van der Waals surface area (Å²) in [6.07, 6.45) is 3.34. The Bertz CT molecular complexity index is 1210. The van der Waals surface area contributed by atoms with E-state index in [4.69, 9.17) is 9.72 Å². The average molecular weight is 465 g/mol. The van der Waals surface area contributed by atoms with Gasteiger partial charge in [0.05, 0.1) is 17.5 Å². The van der Waals surface area contributed by atoms with E-state index >= 15 is 0 Å². The number of carbonyl (C=O) groups is 1. The maximum absolute atomic E-state index is 12.7. The molecular formula is C24H28N6O4. The Morgan fingerprint density at radius 2 is 1.79 bits per heavy atom. The lowest BCUT2D eigenvalue weighted by atomic mass is 9.91. The van der Waals surface area contributed by atoms with Crippen molar-refractivity contribution < 1.29 is 14.5 Å². The van der Waals surface area contributed by atoms with Gasteiger partial charge >= 0.3 is 5.69 Å². The molecule has 4 rings (SSSR count). The number of hydrogen-bond acceptors (Lipinski definition) is 8. The Morgan fingerprint density at radius 1 is 1.09 bits per heavy atom. The molecule has 1 amide bonds. The molecule has 1 aromatic heterocycles. The number of amides is 1. The summed E-state index contributed by atoms with van der Waals surface area (Å²) >= 11 is 0. The molecule has 10 heteroatoms. The molecule has 1 fully saturated rings. The van der Waals surface area contributed by atoms with E-state index in [1.165, 1.54) is 25.3 Å². The topological polar surface area (TPSA) is 123 Å². The zero-order valence-corrected chi connectivity index (χ0v) is 19.4. The Kier molecular flexibility index (Phi) is 6.76. The van der Waals surface area contributed by atoms with Crippen LogP contribution in [0.4, 0.5) is 17.5 Å². The number of hydrogen-bond donors (Lipinski definition) is 2. The number of aromatic nitrogens is 2. The van der Waals surface area contributed by atoms with Crippen molar-refractivity contribution in [2.24, 2.45) is 0 Å². The molecule has 1 aliphatic rings. The Balaban J connectivity index is 1.37. The molecule has 2 N–H and O–H groups in total. The second-order valence-electron chi connectivity index (χ2n) is 8.59. The van der Waals surface area contributed by atoms with Gasteiger partial charge in [-0.15, -0.1) is 0 Å². The molecule has 1 heterocycles. The van der Waals surface area contributed by atoms with Gasteiger partial charge in [-0.3, -0.25) is 14.9 Å². The van der Waals surface area contributed by atoms with Crippen LogP contribution in [0.25, 0.3) is 10.9 Å². The van der Waals surface area contributed by atoms with Gasteiger partial charge in [-0.05, 0) is 43.9 Å². The molecule has 1 saturated carbocycles. The monoisotopic (exact) mass is 464 g/mol. The lowest BCUT2D eigenvalue weighted by molar-refractivity contribution is -0.385. The highest BCUT2D eigenvalue weighted by Gasteiger charge is 2.25. The van der Waals surface area contributed by atoms with Gasteiger partial charge in [0.1, 0.15) is 5.82 Å². The van der Waals surface area contributed by atoms with Crippen LogP contribution in [0, 0.1) is 10.1 Å². The zero-order chi connectivity index (χ0) is 24.2. The number of rotatable bonds is 7. The van der Waals surface area contributed by atoms with Gasteiger partial charge in [0.15, 0.2) is 5.75 Å². The molecule has 178 valence electrons. The first-order chi connectivity index (χ1) is 16.4. The van der Waals surface area contributed by atoms with Crippen LogP contribution in [0.3, 0.4) is 0 Å². The number of nitro groups is 1. The van der Waals surface area contributed by atoms with E-state index in [-0.39, 0.29) is 29.4 Å². The Hall–Kier alpha value is -3.95. The maximum atomic E-state index is 12.7. The van der Waals surface area contributed by atoms with Crippen LogP contribution in [-0.2, 0) is 0 Å². The molecule has 10 nitrogen and oxygen atoms in total. The number of ether oxygens (including phenoxy) is 1. The zero-order valence-electron chi connectivity index (χ0n) is 19.4. The number of para-hydroxylation sites is 1. The molecular weight excluding hydrogens is 436 g/mol. The van der Waals surface area contributed by atoms with Crippen molar-refractivity contribution in [3.8, 4) is 5.75 Å². The van der Waals surface area contributed by atoms with Gasteiger partial charge in [0, 0.05) is 49.3 Å². The molecule has 2 aromatic carbocycles. The third-order valence-corrected chi connectivity index (χ3v) is 6.04. The summed E-state index contributed by atoms with van der Waals surface area (Å²) < 4.78 is 5.06. The number of nitrogens with one attached hydrogen (secondary N) is 2. The average Bonchev–Trinajstić information content (AvgIpc) is 2.84. The van der Waals surface area contributed by atoms with Crippen LogP contribution in [0.2, 0.25) is 0 Å². The normalized spacial score (nSPS) is 17.7. The predicted molar refractivity (Wildman–Crippen MR) is 131 cm³/mol. The predicted octanol–water partition coefficient (Wildman–Crippen LogP) is 3.77. The number of carbonyl (C=O) groups excluding carboxylic acids is 1. The second-order valence-corrected chi connectivity index (χ2v) is 8.59. The Labute approximate surface area is 197 Å². The molecule has 0 saturated heterocycles. The summed E-state index contributed by atoms with van der Waals surface area (Å²) in [5.41, 5.74) is 1.06. The largest absolute Gasteiger partial charge is 0.490 e. The summed E-state index contributed by atoms with van der Waals surface area (Å²) in [7, 11) is 5.28. The van der Waals surface area contributed by atoms with Crippen molar-refractivity contribution in [1.82, 2.24) is 15.3 Å². The molecule has 3 aromatic rings. The van der Waals surface area contributed by atoms with Crippen molar-refractivity contribution in [2.75, 3.05) is 31.4 Å². The molecule has 0 bridgehead atoms. The minimum atomic E-state index is -0.532. The third kappa shape index (κ3) is 5.00. The highest BCUT2D eigenvalue weighted by Crippen LogP contribution is 2.29. The Morgan fingerprint density at radius 3 is 2.47 bits per heavy atom. The number of methoxy groups -OCH3 is 1. The lowest BCUT2D eigenvalue weighted by Gasteiger charge is -2.30. The number of nitrogens with zero attached hydrogens (tertiary/aromatic N) is 4. The minimum Gasteiger partial charge on any atom is -0.490 e. The van der Waals surface area contributed by atoms with Gasteiger partial charge in [-0.2, -0.15) is 4.98 Å². The van der Waals surface area contributed by atoms with Crippen LogP contribution >= 0.6 is 0 Å². The standard InChI is InChI=1S/C24H28N6O4/c1-29(2)22-18-6-4-5-7-19(18)27-24(28-22)26-17-11-9-16(10-12-17)25-23(31)15-8-13-20(30(32)33)21(14-15)34-3/h4-8,13-14,16-17H,9-12H2,1-3H3,(H,25,31)(H,26,27,28)/t16-,17+. The highest BCUT2D eigenvalue weighted by molar-refractivity contribution is 5.95. The number of fused-ring (bicyclic) bond motifs is 1. The van der Waals surface area contributed by atoms with E-state index in [9.17, 15) is 14.9 Å². The van der Waals surface area contributed by atoms with Crippen LogP contribution in [0.5, 0.6) is 5.75 Å². The summed E-state index contributed by atoms with van der Waals surface area (Å²) in [5.74, 6) is 1.27. The van der Waals surface area contributed by atoms with Crippen LogP contribution in [0.1, 0.15) is 36.0 Å². The van der Waals surface area contributed by atoms with E-state index < -0.39 is 4.92 Å². The van der Waals surface area contributed by atoms with Crippen molar-refractivity contribution >= 4 is 34.3 Å². The summed E-state index contributed by atoms with van der Waals surface area (Å²) in [4.78, 5) is 34.6. The fourth-order valence-electron chi connectivity index (χ4n) is 4.27. The third-order valence-electron chi connectivity index (χ3n) is 6.04. The summed E-state index contributed by atoms with van der Waals surface area (Å²) in [6, 6.07) is 12.3. The van der Waals surface area contributed by atoms with E-state index in [1.54, 1.807) is 0 Å². The molecule has 0 radical (unpaired) electrons. The van der Waals surface area contributed by atoms with Crippen molar-refractivity contribution in [1.29, 1.82) is 0 Å². The number of benzene rings is 2. The minimum absolute atomic E-state index is 0.0293. The first kappa shape index (κ1) is 23.2. The highest BCUT2D eigenvalue weighted by atomic mass is 16.6. The van der Waals surface area contributed by atoms with E-state index in [0.29, 0.717) is 11.5 Å². The quantitative estimate of drug-likeness (QED) is 0.400. The summed E-state index contributed by atoms with van der Waals surface area (Å²) in [6.45, 7) is 0. The molecule has 0 unspecified atom stereocenters. The van der Waals surface area contributed by atoms with Crippen LogP contribution in [0.15, 0.2) is 42.5 Å². The smallest absolute Gasteiger partial charge is 0.310 e. The van der Waals surface area contributed by atoms with Crippen LogP contribution < -0.4 is 20.3 Å². The van der Waals surface area contributed by atoms with Gasteiger partial charge in [0.25, 0.3) is 5.91 Å². The van der Waals surface area contributed by atoms with E-state index in [0.717, 1.165) is 42.4 Å². The molecule has 34 heavy (non-hydrogen) atoms. The fourth-order valence-corrected chi connectivity index (χ4v) is 4.27. The SMILES string of the molecule is COc1cc(C(=O)N[C@H]2CC[C@@H](Nc3nc(N(C)C)c4ccccc4n3)CC2)ccc1[N+](=O)[O-]. The number of nitro benzene ring substituents is 1. The van der Waals surface area contributed by atoms with Crippen LogP contribution in [-0.4, -0.2) is 54.1 Å². The fraction of sp³-hybridized carbons (Fsp3) is 0.375.